The van der Waals surface area contributed by atoms with Gasteiger partial charge in [0.2, 0.25) is 5.75 Å². The van der Waals surface area contributed by atoms with E-state index in [1.54, 1.807) is 24.3 Å². The van der Waals surface area contributed by atoms with Crippen molar-refractivity contribution in [2.75, 3.05) is 27.9 Å². The van der Waals surface area contributed by atoms with E-state index >= 15 is 0 Å². The smallest absolute Gasteiger partial charge is 0.310 e. The molecule has 34 heavy (non-hydrogen) atoms. The average Bonchev–Trinajstić information content (AvgIpc) is 2.86. The number of amides is 1. The molecule has 0 aliphatic heterocycles. The first-order chi connectivity index (χ1) is 16.4. The maximum absolute atomic E-state index is 12.6. The zero-order valence-electron chi connectivity index (χ0n) is 19.2. The van der Waals surface area contributed by atoms with Gasteiger partial charge in [0.25, 0.3) is 5.91 Å². The Morgan fingerprint density at radius 1 is 0.853 bits per heavy atom. The number of methoxy groups -OCH3 is 3. The summed E-state index contributed by atoms with van der Waals surface area (Å²) >= 11 is 6.01. The Labute approximate surface area is 203 Å². The van der Waals surface area contributed by atoms with Crippen LogP contribution in [0.1, 0.15) is 22.7 Å². The molecule has 0 saturated carbocycles. The molecule has 0 fully saturated rings. The van der Waals surface area contributed by atoms with Gasteiger partial charge < -0.3 is 24.3 Å². The zero-order valence-corrected chi connectivity index (χ0v) is 19.9. The summed E-state index contributed by atoms with van der Waals surface area (Å²) in [5.41, 5.74) is 2.35. The standard InChI is InChI=1S/C26H26ClNO6/c1-31-21-13-17(14-22(32-2)26(21)33-3)15-24(30)34-16-23(29)28-25(18-7-5-4-6-8-18)19-9-11-20(27)12-10-19/h4-14,25H,15-16H2,1-3H3,(H,28,29). The van der Waals surface area contributed by atoms with Crippen molar-refractivity contribution in [3.8, 4) is 17.2 Å². The fraction of sp³-hybridized carbons (Fsp3) is 0.231. The molecular formula is C26H26ClNO6. The maximum Gasteiger partial charge on any atom is 0.310 e. The minimum atomic E-state index is -0.563. The summed E-state index contributed by atoms with van der Waals surface area (Å²) in [5.74, 6) is 0.289. The molecule has 0 aliphatic rings. The molecule has 1 atom stereocenters. The van der Waals surface area contributed by atoms with E-state index in [2.05, 4.69) is 5.32 Å². The summed E-state index contributed by atoms with van der Waals surface area (Å²) in [4.78, 5) is 25.0. The van der Waals surface area contributed by atoms with Crippen LogP contribution in [-0.4, -0.2) is 39.8 Å². The van der Waals surface area contributed by atoms with Crippen LogP contribution in [0.15, 0.2) is 66.7 Å². The van der Waals surface area contributed by atoms with Crippen molar-refractivity contribution < 1.29 is 28.5 Å². The van der Waals surface area contributed by atoms with E-state index in [1.165, 1.54) is 21.3 Å². The van der Waals surface area contributed by atoms with Gasteiger partial charge in [-0.1, -0.05) is 54.1 Å². The van der Waals surface area contributed by atoms with Gasteiger partial charge in [-0.05, 0) is 41.0 Å². The number of halogens is 1. The van der Waals surface area contributed by atoms with Crippen molar-refractivity contribution in [1.82, 2.24) is 5.32 Å². The topological polar surface area (TPSA) is 83.1 Å². The van der Waals surface area contributed by atoms with Crippen molar-refractivity contribution >= 4 is 23.5 Å². The lowest BCUT2D eigenvalue weighted by Crippen LogP contribution is -2.33. The number of hydrogen-bond acceptors (Lipinski definition) is 6. The third kappa shape index (κ3) is 6.42. The van der Waals surface area contributed by atoms with Crippen molar-refractivity contribution in [1.29, 1.82) is 0 Å². The van der Waals surface area contributed by atoms with Gasteiger partial charge in [-0.2, -0.15) is 0 Å². The summed E-state index contributed by atoms with van der Waals surface area (Å²) < 4.78 is 21.1. The number of hydrogen-bond donors (Lipinski definition) is 1. The number of ether oxygens (including phenoxy) is 4. The number of rotatable bonds is 10. The molecule has 3 aromatic rings. The minimum Gasteiger partial charge on any atom is -0.493 e. The van der Waals surface area contributed by atoms with E-state index in [0.717, 1.165) is 11.1 Å². The Morgan fingerprint density at radius 2 is 1.44 bits per heavy atom. The van der Waals surface area contributed by atoms with Crippen molar-refractivity contribution in [2.24, 2.45) is 0 Å². The second-order valence-corrected chi connectivity index (χ2v) is 7.77. The molecule has 3 rings (SSSR count). The molecule has 3 aromatic carbocycles. The van der Waals surface area contributed by atoms with Crippen LogP contribution in [0.3, 0.4) is 0 Å². The van der Waals surface area contributed by atoms with Gasteiger partial charge >= 0.3 is 5.97 Å². The molecule has 0 saturated heterocycles. The molecule has 1 unspecified atom stereocenters. The first kappa shape index (κ1) is 24.9. The van der Waals surface area contributed by atoms with Crippen LogP contribution in [0.25, 0.3) is 0 Å². The summed E-state index contributed by atoms with van der Waals surface area (Å²) in [6.45, 7) is -0.416. The third-order valence-corrected chi connectivity index (χ3v) is 5.33. The van der Waals surface area contributed by atoms with E-state index in [1.807, 2.05) is 42.5 Å². The molecule has 0 radical (unpaired) electrons. The van der Waals surface area contributed by atoms with Crippen LogP contribution in [-0.2, 0) is 20.7 Å². The van der Waals surface area contributed by atoms with Crippen LogP contribution in [0, 0.1) is 0 Å². The Kier molecular flexibility index (Phi) is 8.76. The molecule has 0 heterocycles. The molecule has 7 nitrogen and oxygen atoms in total. The van der Waals surface area contributed by atoms with Gasteiger partial charge in [0.05, 0.1) is 33.8 Å². The highest BCUT2D eigenvalue weighted by molar-refractivity contribution is 6.30. The minimum absolute atomic E-state index is 0.0662. The predicted molar refractivity (Wildman–Crippen MR) is 129 cm³/mol. The SMILES string of the molecule is COc1cc(CC(=O)OCC(=O)NC(c2ccccc2)c2ccc(Cl)cc2)cc(OC)c1OC. The number of carbonyl (C=O) groups excluding carboxylic acids is 2. The largest absolute Gasteiger partial charge is 0.493 e. The van der Waals surface area contributed by atoms with Crippen LogP contribution in [0.5, 0.6) is 17.2 Å². The molecule has 178 valence electrons. The lowest BCUT2D eigenvalue weighted by Gasteiger charge is -2.20. The fourth-order valence-corrected chi connectivity index (χ4v) is 3.59. The van der Waals surface area contributed by atoms with E-state index < -0.39 is 24.5 Å². The van der Waals surface area contributed by atoms with Gasteiger partial charge in [-0.3, -0.25) is 9.59 Å². The molecule has 8 heteroatoms. The Morgan fingerprint density at radius 3 is 2.00 bits per heavy atom. The molecule has 0 bridgehead atoms. The van der Waals surface area contributed by atoms with Crippen molar-refractivity contribution in [3.63, 3.8) is 0 Å². The summed E-state index contributed by atoms with van der Waals surface area (Å²) in [6.07, 6.45) is -0.0662. The molecule has 0 spiro atoms. The van der Waals surface area contributed by atoms with Crippen LogP contribution in [0.4, 0.5) is 0 Å². The van der Waals surface area contributed by atoms with Crippen molar-refractivity contribution in [2.45, 2.75) is 12.5 Å². The number of benzene rings is 3. The van der Waals surface area contributed by atoms with Crippen LogP contribution < -0.4 is 19.5 Å². The average molecular weight is 484 g/mol. The highest BCUT2D eigenvalue weighted by Crippen LogP contribution is 2.38. The Bertz CT molecular complexity index is 1090. The summed E-state index contributed by atoms with van der Waals surface area (Å²) in [6, 6.07) is 19.6. The molecule has 0 aliphatic carbocycles. The Hall–Kier alpha value is -3.71. The van der Waals surface area contributed by atoms with Gasteiger partial charge in [0.1, 0.15) is 0 Å². The second kappa shape index (κ2) is 12.0. The number of esters is 1. The first-order valence-electron chi connectivity index (χ1n) is 10.5. The van der Waals surface area contributed by atoms with E-state index in [0.29, 0.717) is 27.8 Å². The summed E-state index contributed by atoms with van der Waals surface area (Å²) in [5, 5.41) is 3.52. The number of nitrogens with one attached hydrogen (secondary N) is 1. The van der Waals surface area contributed by atoms with Crippen LogP contribution >= 0.6 is 11.6 Å². The molecular weight excluding hydrogens is 458 g/mol. The first-order valence-corrected chi connectivity index (χ1v) is 10.9. The van der Waals surface area contributed by atoms with E-state index in [9.17, 15) is 9.59 Å². The van der Waals surface area contributed by atoms with Gasteiger partial charge in [-0.25, -0.2) is 0 Å². The Balaban J connectivity index is 1.65. The van der Waals surface area contributed by atoms with E-state index in [-0.39, 0.29) is 6.42 Å². The zero-order chi connectivity index (χ0) is 24.5. The fourth-order valence-electron chi connectivity index (χ4n) is 3.46. The third-order valence-electron chi connectivity index (χ3n) is 5.08. The van der Waals surface area contributed by atoms with Crippen molar-refractivity contribution in [3.05, 3.63) is 88.4 Å². The quantitative estimate of drug-likeness (QED) is 0.431. The molecule has 0 aromatic heterocycles. The van der Waals surface area contributed by atoms with Crippen LogP contribution in [0.2, 0.25) is 5.02 Å². The predicted octanol–water partition coefficient (Wildman–Crippen LogP) is 4.36. The monoisotopic (exact) mass is 483 g/mol. The lowest BCUT2D eigenvalue weighted by atomic mass is 9.99. The highest BCUT2D eigenvalue weighted by Gasteiger charge is 2.19. The molecule has 1 amide bonds. The molecule has 1 N–H and O–H groups in total. The normalized spacial score (nSPS) is 11.3. The lowest BCUT2D eigenvalue weighted by molar-refractivity contribution is -0.148. The van der Waals surface area contributed by atoms with Gasteiger partial charge in [0.15, 0.2) is 18.1 Å². The van der Waals surface area contributed by atoms with Gasteiger partial charge in [-0.15, -0.1) is 0 Å². The maximum atomic E-state index is 12.6. The second-order valence-electron chi connectivity index (χ2n) is 7.33. The van der Waals surface area contributed by atoms with Gasteiger partial charge in [0, 0.05) is 5.02 Å². The highest BCUT2D eigenvalue weighted by atomic mass is 35.5. The number of carbonyl (C=O) groups is 2. The van der Waals surface area contributed by atoms with E-state index in [4.69, 9.17) is 30.5 Å². The summed E-state index contributed by atoms with van der Waals surface area (Å²) in [7, 11) is 4.49.